The molecule has 24 heavy (non-hydrogen) atoms. The van der Waals surface area contributed by atoms with Crippen molar-refractivity contribution >= 4 is 6.09 Å². The number of rotatable bonds is 5. The maximum Gasteiger partial charge on any atom is 0.407 e. The van der Waals surface area contributed by atoms with Crippen molar-refractivity contribution in [2.75, 3.05) is 0 Å². The fourth-order valence-corrected chi connectivity index (χ4v) is 3.26. The van der Waals surface area contributed by atoms with E-state index in [2.05, 4.69) is 10.3 Å². The van der Waals surface area contributed by atoms with Gasteiger partial charge in [0.2, 0.25) is 0 Å². The molecule has 2 atom stereocenters. The van der Waals surface area contributed by atoms with E-state index < -0.39 is 23.8 Å². The number of hydrogen-bond donors (Lipinski definition) is 2. The average Bonchev–Trinajstić information content (AvgIpc) is 2.53. The van der Waals surface area contributed by atoms with Gasteiger partial charge in [0, 0.05) is 6.20 Å². The molecule has 1 aliphatic rings. The van der Waals surface area contributed by atoms with Gasteiger partial charge in [-0.2, -0.15) is 0 Å². The molecular weight excluding hydrogens is 304 g/mol. The van der Waals surface area contributed by atoms with Crippen LogP contribution in [0.1, 0.15) is 71.1 Å². The smallest absolute Gasteiger partial charge is 0.407 e. The molecule has 0 bridgehead atoms. The lowest BCUT2D eigenvalue weighted by atomic mass is 9.83. The van der Waals surface area contributed by atoms with E-state index in [9.17, 15) is 9.90 Å². The molecule has 5 nitrogen and oxygen atoms in total. The van der Waals surface area contributed by atoms with E-state index in [4.69, 9.17) is 4.74 Å². The van der Waals surface area contributed by atoms with Crippen LogP contribution in [0.3, 0.4) is 0 Å². The molecule has 1 saturated carbocycles. The molecule has 5 heteroatoms. The highest BCUT2D eigenvalue weighted by Crippen LogP contribution is 2.30. The normalized spacial score (nSPS) is 18.7. The summed E-state index contributed by atoms with van der Waals surface area (Å²) in [7, 11) is 0. The first-order chi connectivity index (χ1) is 11.3. The summed E-state index contributed by atoms with van der Waals surface area (Å²) in [6.45, 7) is 5.49. The van der Waals surface area contributed by atoms with Crippen LogP contribution in [0.15, 0.2) is 24.4 Å². The van der Waals surface area contributed by atoms with Gasteiger partial charge in [-0.25, -0.2) is 4.79 Å². The van der Waals surface area contributed by atoms with Crippen molar-refractivity contribution in [3.05, 3.63) is 30.1 Å². The van der Waals surface area contributed by atoms with Crippen molar-refractivity contribution < 1.29 is 14.6 Å². The first kappa shape index (κ1) is 18.7. The van der Waals surface area contributed by atoms with E-state index in [1.54, 1.807) is 12.3 Å². The lowest BCUT2D eigenvalue weighted by Crippen LogP contribution is -2.43. The van der Waals surface area contributed by atoms with Crippen molar-refractivity contribution in [3.8, 4) is 0 Å². The van der Waals surface area contributed by atoms with Crippen LogP contribution in [-0.4, -0.2) is 27.8 Å². The SMILES string of the molecule is CC(C)(C)OC(=O)N[C@@H](CC1CCCCC1)[C@H](O)c1ccccn1. The first-order valence-electron chi connectivity index (χ1n) is 8.93. The van der Waals surface area contributed by atoms with Crippen LogP contribution in [0.4, 0.5) is 4.79 Å². The number of aliphatic hydroxyl groups excluding tert-OH is 1. The highest BCUT2D eigenvalue weighted by Gasteiger charge is 2.29. The Bertz CT molecular complexity index is 507. The Morgan fingerprint density at radius 3 is 2.62 bits per heavy atom. The zero-order valence-corrected chi connectivity index (χ0v) is 15.0. The van der Waals surface area contributed by atoms with Crippen molar-refractivity contribution in [1.29, 1.82) is 0 Å². The number of nitrogens with one attached hydrogen (secondary N) is 1. The summed E-state index contributed by atoms with van der Waals surface area (Å²) in [6, 6.07) is 5.05. The molecule has 2 N–H and O–H groups in total. The third-order valence-electron chi connectivity index (χ3n) is 4.39. The number of ether oxygens (including phenoxy) is 1. The molecule has 1 aromatic rings. The lowest BCUT2D eigenvalue weighted by molar-refractivity contribution is 0.0385. The van der Waals surface area contributed by atoms with Gasteiger partial charge >= 0.3 is 6.09 Å². The summed E-state index contributed by atoms with van der Waals surface area (Å²) in [5, 5.41) is 13.6. The molecule has 1 fully saturated rings. The maximum atomic E-state index is 12.2. The van der Waals surface area contributed by atoms with Crippen LogP contribution in [0.2, 0.25) is 0 Å². The minimum Gasteiger partial charge on any atom is -0.444 e. The molecular formula is C19H30N2O3. The van der Waals surface area contributed by atoms with E-state index in [1.165, 1.54) is 19.3 Å². The summed E-state index contributed by atoms with van der Waals surface area (Å²) < 4.78 is 5.36. The highest BCUT2D eigenvalue weighted by molar-refractivity contribution is 5.68. The highest BCUT2D eigenvalue weighted by atomic mass is 16.6. The molecule has 134 valence electrons. The number of carbonyl (C=O) groups excluding carboxylic acids is 1. The van der Waals surface area contributed by atoms with Gasteiger partial charge < -0.3 is 15.2 Å². The summed E-state index contributed by atoms with van der Waals surface area (Å²) in [4.78, 5) is 16.4. The number of hydrogen-bond acceptors (Lipinski definition) is 4. The Labute approximate surface area is 144 Å². The van der Waals surface area contributed by atoms with Crippen LogP contribution in [0.5, 0.6) is 0 Å². The number of nitrogens with zero attached hydrogens (tertiary/aromatic N) is 1. The van der Waals surface area contributed by atoms with Gasteiger partial charge in [-0.1, -0.05) is 38.2 Å². The molecule has 0 saturated heterocycles. The van der Waals surface area contributed by atoms with Gasteiger partial charge in [0.15, 0.2) is 0 Å². The van der Waals surface area contributed by atoms with Gasteiger partial charge in [0.1, 0.15) is 11.7 Å². The quantitative estimate of drug-likeness (QED) is 0.854. The van der Waals surface area contributed by atoms with Crippen molar-refractivity contribution in [1.82, 2.24) is 10.3 Å². The lowest BCUT2D eigenvalue weighted by Gasteiger charge is -2.30. The first-order valence-corrected chi connectivity index (χ1v) is 8.93. The predicted molar refractivity (Wildman–Crippen MR) is 93.5 cm³/mol. The van der Waals surface area contributed by atoms with E-state index >= 15 is 0 Å². The second kappa shape index (κ2) is 8.47. The van der Waals surface area contributed by atoms with Gasteiger partial charge in [-0.15, -0.1) is 0 Å². The van der Waals surface area contributed by atoms with Gasteiger partial charge in [-0.05, 0) is 45.2 Å². The average molecular weight is 334 g/mol. The Morgan fingerprint density at radius 2 is 2.04 bits per heavy atom. The van der Waals surface area contributed by atoms with E-state index in [0.29, 0.717) is 11.6 Å². The largest absolute Gasteiger partial charge is 0.444 e. The van der Waals surface area contributed by atoms with E-state index in [1.807, 2.05) is 32.9 Å². The summed E-state index contributed by atoms with van der Waals surface area (Å²) in [5.41, 5.74) is 0.0180. The van der Waals surface area contributed by atoms with Crippen LogP contribution >= 0.6 is 0 Å². The maximum absolute atomic E-state index is 12.2. The second-order valence-electron chi connectivity index (χ2n) is 7.69. The summed E-state index contributed by atoms with van der Waals surface area (Å²) >= 11 is 0. The standard InChI is InChI=1S/C19H30N2O3/c1-19(2,3)24-18(23)21-16(13-14-9-5-4-6-10-14)17(22)15-11-7-8-12-20-15/h7-8,11-12,14,16-17,22H,4-6,9-10,13H2,1-3H3,(H,21,23)/t16-,17+/m0/s1. The van der Waals surface area contributed by atoms with Gasteiger partial charge in [0.05, 0.1) is 11.7 Å². The van der Waals surface area contributed by atoms with Gasteiger partial charge in [0.25, 0.3) is 0 Å². The molecule has 1 amide bonds. The molecule has 1 aromatic heterocycles. The predicted octanol–water partition coefficient (Wildman–Crippen LogP) is 3.98. The number of amides is 1. The minimum absolute atomic E-state index is 0.391. The van der Waals surface area contributed by atoms with Crippen LogP contribution in [-0.2, 0) is 4.74 Å². The number of pyridine rings is 1. The molecule has 1 aliphatic carbocycles. The molecule has 0 spiro atoms. The Hall–Kier alpha value is -1.62. The number of alkyl carbamates (subject to hydrolysis) is 1. The molecule has 0 aliphatic heterocycles. The van der Waals surface area contributed by atoms with Crippen LogP contribution < -0.4 is 5.32 Å². The Balaban J connectivity index is 2.06. The second-order valence-corrected chi connectivity index (χ2v) is 7.69. The zero-order valence-electron chi connectivity index (χ0n) is 15.0. The Kier molecular flexibility index (Phi) is 6.60. The fourth-order valence-electron chi connectivity index (χ4n) is 3.26. The fraction of sp³-hybridized carbons (Fsp3) is 0.684. The molecule has 1 heterocycles. The monoisotopic (exact) mass is 334 g/mol. The molecule has 0 radical (unpaired) electrons. The van der Waals surface area contributed by atoms with Crippen LogP contribution in [0, 0.1) is 5.92 Å². The molecule has 0 aromatic carbocycles. The third-order valence-corrected chi connectivity index (χ3v) is 4.39. The number of aromatic nitrogens is 1. The van der Waals surface area contributed by atoms with E-state index in [-0.39, 0.29) is 0 Å². The Morgan fingerprint density at radius 1 is 1.33 bits per heavy atom. The summed E-state index contributed by atoms with van der Waals surface area (Å²) in [5.74, 6) is 0.525. The molecule has 2 rings (SSSR count). The topological polar surface area (TPSA) is 71.5 Å². The van der Waals surface area contributed by atoms with Crippen LogP contribution in [0.25, 0.3) is 0 Å². The van der Waals surface area contributed by atoms with Gasteiger partial charge in [-0.3, -0.25) is 4.98 Å². The van der Waals surface area contributed by atoms with Crippen molar-refractivity contribution in [3.63, 3.8) is 0 Å². The summed E-state index contributed by atoms with van der Waals surface area (Å²) in [6.07, 6.45) is 7.12. The number of carbonyl (C=O) groups is 1. The number of aliphatic hydroxyl groups is 1. The third kappa shape index (κ3) is 6.11. The van der Waals surface area contributed by atoms with Crippen molar-refractivity contribution in [2.45, 2.75) is 77.0 Å². The minimum atomic E-state index is -0.833. The van der Waals surface area contributed by atoms with Crippen molar-refractivity contribution in [2.24, 2.45) is 5.92 Å². The molecule has 0 unspecified atom stereocenters. The zero-order chi connectivity index (χ0) is 17.6. The van der Waals surface area contributed by atoms with E-state index in [0.717, 1.165) is 19.3 Å².